The zero-order valence-corrected chi connectivity index (χ0v) is 10.3. The SMILES string of the molecule is CC1=CC[C@H]2[C@](C)(O)CC=CC[C@]2(C)C1=O. The number of carbonyl (C=O) groups excluding carboxylic acids is 1. The fourth-order valence-electron chi connectivity index (χ4n) is 3.22. The van der Waals surface area contributed by atoms with Crippen LogP contribution in [0.2, 0.25) is 0 Å². The molecule has 2 rings (SSSR count). The lowest BCUT2D eigenvalue weighted by molar-refractivity contribution is -0.136. The smallest absolute Gasteiger partial charge is 0.164 e. The van der Waals surface area contributed by atoms with Gasteiger partial charge in [-0.15, -0.1) is 0 Å². The second-order valence-electron chi connectivity index (χ2n) is 5.66. The Bertz CT molecular complexity index is 376. The summed E-state index contributed by atoms with van der Waals surface area (Å²) >= 11 is 0. The van der Waals surface area contributed by atoms with Gasteiger partial charge in [0.05, 0.1) is 5.60 Å². The second kappa shape index (κ2) is 3.56. The number of aliphatic hydroxyl groups is 1. The lowest BCUT2D eigenvalue weighted by Crippen LogP contribution is -2.49. The Labute approximate surface area is 97.0 Å². The summed E-state index contributed by atoms with van der Waals surface area (Å²) in [5.74, 6) is 0.238. The molecule has 0 fully saturated rings. The van der Waals surface area contributed by atoms with Gasteiger partial charge in [-0.2, -0.15) is 0 Å². The minimum Gasteiger partial charge on any atom is -0.390 e. The predicted molar refractivity (Wildman–Crippen MR) is 64.0 cm³/mol. The molecular formula is C14H20O2. The lowest BCUT2D eigenvalue weighted by Gasteiger charge is -2.44. The molecule has 0 radical (unpaired) electrons. The van der Waals surface area contributed by atoms with Crippen molar-refractivity contribution in [3.05, 3.63) is 23.8 Å². The van der Waals surface area contributed by atoms with Gasteiger partial charge in [-0.25, -0.2) is 0 Å². The molecule has 0 heterocycles. The Morgan fingerprint density at radius 3 is 2.62 bits per heavy atom. The predicted octanol–water partition coefficient (Wildman–Crippen LogP) is 2.63. The molecule has 0 aromatic rings. The van der Waals surface area contributed by atoms with Crippen molar-refractivity contribution >= 4 is 5.78 Å². The molecule has 1 N–H and O–H groups in total. The monoisotopic (exact) mass is 220 g/mol. The summed E-state index contributed by atoms with van der Waals surface area (Å²) in [5.41, 5.74) is -0.339. The average Bonchev–Trinajstić information content (AvgIpc) is 2.32. The van der Waals surface area contributed by atoms with Gasteiger partial charge in [-0.05, 0) is 38.7 Å². The summed E-state index contributed by atoms with van der Waals surface area (Å²) in [6, 6.07) is 0. The van der Waals surface area contributed by atoms with Crippen LogP contribution in [0, 0.1) is 11.3 Å². The molecule has 0 unspecified atom stereocenters. The van der Waals surface area contributed by atoms with E-state index in [2.05, 4.69) is 0 Å². The van der Waals surface area contributed by atoms with Crippen molar-refractivity contribution < 1.29 is 9.90 Å². The molecule has 2 heteroatoms. The highest BCUT2D eigenvalue weighted by molar-refractivity contribution is 6.00. The Morgan fingerprint density at radius 1 is 1.31 bits per heavy atom. The zero-order chi connectivity index (χ0) is 12.0. The molecule has 0 aliphatic heterocycles. The number of hydrogen-bond acceptors (Lipinski definition) is 2. The van der Waals surface area contributed by atoms with Crippen molar-refractivity contribution in [2.45, 2.75) is 45.6 Å². The van der Waals surface area contributed by atoms with Crippen LogP contribution < -0.4 is 0 Å². The van der Waals surface area contributed by atoms with Crippen molar-refractivity contribution in [2.24, 2.45) is 11.3 Å². The highest BCUT2D eigenvalue weighted by atomic mass is 16.3. The summed E-state index contributed by atoms with van der Waals surface area (Å²) in [5, 5.41) is 10.5. The number of carbonyl (C=O) groups is 1. The topological polar surface area (TPSA) is 37.3 Å². The number of Topliss-reactive ketones (excluding diaryl/α,β-unsaturated/α-hetero) is 1. The molecule has 2 aliphatic rings. The quantitative estimate of drug-likeness (QED) is 0.637. The van der Waals surface area contributed by atoms with Crippen molar-refractivity contribution in [3.8, 4) is 0 Å². The van der Waals surface area contributed by atoms with Gasteiger partial charge in [0.25, 0.3) is 0 Å². The summed E-state index contributed by atoms with van der Waals surface area (Å²) in [6.07, 6.45) is 8.24. The van der Waals surface area contributed by atoms with Crippen molar-refractivity contribution in [3.63, 3.8) is 0 Å². The average molecular weight is 220 g/mol. The van der Waals surface area contributed by atoms with Gasteiger partial charge in [0.15, 0.2) is 5.78 Å². The Morgan fingerprint density at radius 2 is 1.94 bits per heavy atom. The second-order valence-corrected chi connectivity index (χ2v) is 5.66. The summed E-state index contributed by atoms with van der Waals surface area (Å²) < 4.78 is 0. The molecule has 2 aliphatic carbocycles. The molecule has 0 saturated carbocycles. The van der Waals surface area contributed by atoms with Crippen LogP contribution in [0.4, 0.5) is 0 Å². The van der Waals surface area contributed by atoms with Crippen molar-refractivity contribution in [2.75, 3.05) is 0 Å². The number of ketones is 1. The van der Waals surface area contributed by atoms with Crippen molar-refractivity contribution in [1.29, 1.82) is 0 Å². The minimum atomic E-state index is -0.769. The number of allylic oxidation sites excluding steroid dienone is 3. The maximum absolute atomic E-state index is 12.3. The van der Waals surface area contributed by atoms with Gasteiger partial charge in [-0.3, -0.25) is 4.79 Å². The standard InChI is InChI=1S/C14H20O2/c1-10-6-7-11-13(2,12(10)15)8-4-5-9-14(11,3)16/h4-6,11,16H,7-9H2,1-3H3/t11-,13+,14-/m1/s1. The van der Waals surface area contributed by atoms with Crippen LogP contribution in [0.15, 0.2) is 23.8 Å². The van der Waals surface area contributed by atoms with Gasteiger partial charge in [-0.1, -0.05) is 25.2 Å². The van der Waals surface area contributed by atoms with E-state index in [9.17, 15) is 9.90 Å². The zero-order valence-electron chi connectivity index (χ0n) is 10.3. The lowest BCUT2D eigenvalue weighted by atomic mass is 9.60. The van der Waals surface area contributed by atoms with Gasteiger partial charge >= 0.3 is 0 Å². The molecule has 3 atom stereocenters. The first-order chi connectivity index (χ1) is 7.38. The van der Waals surface area contributed by atoms with Crippen molar-refractivity contribution in [1.82, 2.24) is 0 Å². The van der Waals surface area contributed by atoms with E-state index in [1.807, 2.05) is 39.0 Å². The largest absolute Gasteiger partial charge is 0.390 e. The van der Waals surface area contributed by atoms with Gasteiger partial charge < -0.3 is 5.11 Å². The highest BCUT2D eigenvalue weighted by Gasteiger charge is 2.50. The van der Waals surface area contributed by atoms with E-state index < -0.39 is 11.0 Å². The van der Waals surface area contributed by atoms with Crippen LogP contribution >= 0.6 is 0 Å². The van der Waals surface area contributed by atoms with E-state index in [0.29, 0.717) is 6.42 Å². The maximum atomic E-state index is 12.3. The van der Waals surface area contributed by atoms with Crippen LogP contribution in [0.3, 0.4) is 0 Å². The third-order valence-electron chi connectivity index (χ3n) is 4.30. The highest BCUT2D eigenvalue weighted by Crippen LogP contribution is 2.48. The molecule has 0 aromatic heterocycles. The fraction of sp³-hybridized carbons (Fsp3) is 0.643. The molecule has 88 valence electrons. The molecule has 0 amide bonds. The van der Waals surface area contributed by atoms with Gasteiger partial charge in [0.2, 0.25) is 0 Å². The first-order valence-corrected chi connectivity index (χ1v) is 5.97. The summed E-state index contributed by atoms with van der Waals surface area (Å²) in [6.45, 7) is 5.74. The van der Waals surface area contributed by atoms with Gasteiger partial charge in [0.1, 0.15) is 0 Å². The van der Waals surface area contributed by atoms with Crippen LogP contribution in [0.25, 0.3) is 0 Å². The summed E-state index contributed by atoms with van der Waals surface area (Å²) in [7, 11) is 0. The Hall–Kier alpha value is -0.890. The fourth-order valence-corrected chi connectivity index (χ4v) is 3.22. The van der Waals surface area contributed by atoms with Crippen LogP contribution in [-0.2, 0) is 4.79 Å². The first kappa shape index (κ1) is 11.6. The maximum Gasteiger partial charge on any atom is 0.164 e. The molecular weight excluding hydrogens is 200 g/mol. The number of hydrogen-bond donors (Lipinski definition) is 1. The molecule has 0 aromatic carbocycles. The van der Waals surface area contributed by atoms with Crippen LogP contribution in [0.5, 0.6) is 0 Å². The first-order valence-electron chi connectivity index (χ1n) is 5.97. The minimum absolute atomic E-state index is 0.0335. The van der Waals surface area contributed by atoms with E-state index in [-0.39, 0.29) is 11.7 Å². The number of fused-ring (bicyclic) bond motifs is 1. The van der Waals surface area contributed by atoms with E-state index in [4.69, 9.17) is 0 Å². The molecule has 0 spiro atoms. The number of rotatable bonds is 0. The van der Waals surface area contributed by atoms with Crippen LogP contribution in [0.1, 0.15) is 40.0 Å². The normalized spacial score (nSPS) is 43.6. The summed E-state index contributed by atoms with van der Waals surface area (Å²) in [4.78, 5) is 12.3. The van der Waals surface area contributed by atoms with E-state index in [1.165, 1.54) is 0 Å². The molecule has 0 bridgehead atoms. The third kappa shape index (κ3) is 1.56. The third-order valence-corrected chi connectivity index (χ3v) is 4.30. The van der Waals surface area contributed by atoms with E-state index in [1.54, 1.807) is 0 Å². The molecule has 16 heavy (non-hydrogen) atoms. The Balaban J connectivity index is 2.48. The van der Waals surface area contributed by atoms with Gasteiger partial charge in [0, 0.05) is 11.3 Å². The van der Waals surface area contributed by atoms with Crippen LogP contribution in [-0.4, -0.2) is 16.5 Å². The Kier molecular flexibility index (Phi) is 2.58. The van der Waals surface area contributed by atoms with E-state index in [0.717, 1.165) is 18.4 Å². The van der Waals surface area contributed by atoms with E-state index >= 15 is 0 Å². The molecule has 0 saturated heterocycles. The molecule has 2 nitrogen and oxygen atoms in total.